The summed E-state index contributed by atoms with van der Waals surface area (Å²) in [6.45, 7) is 2.29. The lowest BCUT2D eigenvalue weighted by molar-refractivity contribution is 0.0698. The summed E-state index contributed by atoms with van der Waals surface area (Å²) < 4.78 is 27.6. The number of nitrogens with zero attached hydrogens (tertiary/aromatic N) is 1. The Balaban J connectivity index is 3.06. The predicted octanol–water partition coefficient (Wildman–Crippen LogP) is 2.43. The molecule has 6 nitrogen and oxygen atoms in total. The first kappa shape index (κ1) is 16.7. The molecule has 0 aromatic heterocycles. The van der Waals surface area contributed by atoms with E-state index in [9.17, 15) is 13.2 Å². The smallest absolute Gasteiger partial charge is 0.337 e. The van der Waals surface area contributed by atoms with Crippen LogP contribution in [0, 0.1) is 0 Å². The Morgan fingerprint density at radius 2 is 2.10 bits per heavy atom. The summed E-state index contributed by atoms with van der Waals surface area (Å²) in [5, 5.41) is 9.10. The number of anilines is 1. The Bertz CT molecular complexity index is 589. The summed E-state index contributed by atoms with van der Waals surface area (Å²) in [4.78, 5) is 11.1. The van der Waals surface area contributed by atoms with Crippen LogP contribution in [-0.4, -0.2) is 37.4 Å². The fourth-order valence-corrected chi connectivity index (χ4v) is 2.79. The second kappa shape index (κ2) is 6.92. The normalized spacial score (nSPS) is 11.6. The van der Waals surface area contributed by atoms with Gasteiger partial charge in [-0.3, -0.25) is 4.72 Å². The van der Waals surface area contributed by atoms with Crippen molar-refractivity contribution in [1.29, 1.82) is 0 Å². The van der Waals surface area contributed by atoms with Gasteiger partial charge in [-0.05, 0) is 18.6 Å². The van der Waals surface area contributed by atoms with Gasteiger partial charge in [-0.15, -0.1) is 0 Å². The quantitative estimate of drug-likeness (QED) is 0.807. The highest BCUT2D eigenvalue weighted by Crippen LogP contribution is 2.27. The lowest BCUT2D eigenvalue weighted by Gasteiger charge is -2.19. The number of halogens is 1. The summed E-state index contributed by atoms with van der Waals surface area (Å²) in [6, 6.07) is 4.17. The molecule has 1 aromatic rings. The minimum Gasteiger partial charge on any atom is -0.478 e. The Morgan fingerprint density at radius 3 is 2.65 bits per heavy atom. The minimum absolute atomic E-state index is 0.0392. The number of carboxylic acids is 1. The molecule has 1 aromatic carbocycles. The van der Waals surface area contributed by atoms with Crippen molar-refractivity contribution in [1.82, 2.24) is 4.31 Å². The van der Waals surface area contributed by atoms with Gasteiger partial charge in [0.2, 0.25) is 0 Å². The van der Waals surface area contributed by atoms with E-state index in [1.165, 1.54) is 25.2 Å². The van der Waals surface area contributed by atoms with Crippen molar-refractivity contribution in [3.05, 3.63) is 28.8 Å². The topological polar surface area (TPSA) is 86.7 Å². The predicted molar refractivity (Wildman–Crippen MR) is 78.5 cm³/mol. The van der Waals surface area contributed by atoms with Gasteiger partial charge in [0, 0.05) is 13.6 Å². The molecule has 0 bridgehead atoms. The van der Waals surface area contributed by atoms with Gasteiger partial charge in [0.1, 0.15) is 0 Å². The van der Waals surface area contributed by atoms with Crippen molar-refractivity contribution >= 4 is 33.5 Å². The zero-order valence-electron chi connectivity index (χ0n) is 11.3. The molecule has 0 aliphatic rings. The average molecular weight is 321 g/mol. The maximum atomic E-state index is 12.1. The van der Waals surface area contributed by atoms with Gasteiger partial charge in [-0.25, -0.2) is 4.79 Å². The number of carboxylic acid groups (broad SMARTS) is 1. The molecule has 0 saturated carbocycles. The molecule has 112 valence electrons. The van der Waals surface area contributed by atoms with E-state index in [-0.39, 0.29) is 16.3 Å². The third-order valence-electron chi connectivity index (χ3n) is 2.71. The van der Waals surface area contributed by atoms with Crippen molar-refractivity contribution in [2.75, 3.05) is 18.3 Å². The summed E-state index contributed by atoms with van der Waals surface area (Å²) in [5.74, 6) is -1.25. The van der Waals surface area contributed by atoms with Crippen LogP contribution >= 0.6 is 11.6 Å². The third kappa shape index (κ3) is 4.09. The molecule has 0 radical (unpaired) electrons. The van der Waals surface area contributed by atoms with Gasteiger partial charge in [-0.1, -0.05) is 31.0 Å². The van der Waals surface area contributed by atoms with Gasteiger partial charge in [0.15, 0.2) is 0 Å². The number of para-hydroxylation sites is 1. The molecule has 0 aliphatic carbocycles. The summed E-state index contributed by atoms with van der Waals surface area (Å²) >= 11 is 5.88. The van der Waals surface area contributed by atoms with Crippen molar-refractivity contribution in [2.24, 2.45) is 0 Å². The largest absolute Gasteiger partial charge is 0.478 e. The second-order valence-corrected chi connectivity index (χ2v) is 6.43. The van der Waals surface area contributed by atoms with E-state index in [1.54, 1.807) is 0 Å². The first-order valence-electron chi connectivity index (χ1n) is 6.05. The second-order valence-electron chi connectivity index (χ2n) is 4.25. The Labute approximate surface area is 123 Å². The van der Waals surface area contributed by atoms with Crippen LogP contribution in [0.15, 0.2) is 18.2 Å². The molecule has 0 saturated heterocycles. The summed E-state index contributed by atoms with van der Waals surface area (Å²) in [7, 11) is -2.40. The Kier molecular flexibility index (Phi) is 5.79. The van der Waals surface area contributed by atoms with Crippen molar-refractivity contribution < 1.29 is 18.3 Å². The van der Waals surface area contributed by atoms with Crippen LogP contribution in [0.25, 0.3) is 0 Å². The van der Waals surface area contributed by atoms with Crippen LogP contribution in [0.4, 0.5) is 5.69 Å². The first-order chi connectivity index (χ1) is 9.29. The number of hydrogen-bond donors (Lipinski definition) is 2. The minimum atomic E-state index is -3.83. The number of hydrogen-bond acceptors (Lipinski definition) is 3. The van der Waals surface area contributed by atoms with Gasteiger partial charge >= 0.3 is 16.2 Å². The average Bonchev–Trinajstić information content (AvgIpc) is 2.37. The van der Waals surface area contributed by atoms with E-state index in [4.69, 9.17) is 16.7 Å². The lowest BCUT2D eigenvalue weighted by Crippen LogP contribution is -2.33. The summed E-state index contributed by atoms with van der Waals surface area (Å²) in [5.41, 5.74) is -0.310. The number of nitrogens with one attached hydrogen (secondary N) is 1. The van der Waals surface area contributed by atoms with E-state index in [0.29, 0.717) is 13.0 Å². The molecule has 2 N–H and O–H groups in total. The molecule has 20 heavy (non-hydrogen) atoms. The molecule has 0 aliphatic heterocycles. The highest BCUT2D eigenvalue weighted by Gasteiger charge is 2.22. The molecule has 1 rings (SSSR count). The van der Waals surface area contributed by atoms with E-state index in [1.807, 2.05) is 6.92 Å². The SMILES string of the molecule is CCCCN(C)S(=O)(=O)Nc1c(Cl)cccc1C(=O)O. The maximum absolute atomic E-state index is 12.1. The molecule has 0 unspecified atom stereocenters. The third-order valence-corrected chi connectivity index (χ3v) is 4.49. The molecule has 0 fully saturated rings. The fraction of sp³-hybridized carbons (Fsp3) is 0.417. The van der Waals surface area contributed by atoms with Gasteiger partial charge in [0.05, 0.1) is 16.3 Å². The number of rotatable bonds is 7. The summed E-state index contributed by atoms with van der Waals surface area (Å²) in [6.07, 6.45) is 1.57. The van der Waals surface area contributed by atoms with Crippen LogP contribution in [0.3, 0.4) is 0 Å². The van der Waals surface area contributed by atoms with E-state index < -0.39 is 16.2 Å². The maximum Gasteiger partial charge on any atom is 0.337 e. The Hall–Kier alpha value is -1.31. The number of unbranched alkanes of at least 4 members (excludes halogenated alkanes) is 1. The van der Waals surface area contributed by atoms with Crippen LogP contribution in [0.1, 0.15) is 30.1 Å². The monoisotopic (exact) mass is 320 g/mol. The first-order valence-corrected chi connectivity index (χ1v) is 7.87. The number of aromatic carboxylic acids is 1. The van der Waals surface area contributed by atoms with Crippen molar-refractivity contribution in [2.45, 2.75) is 19.8 Å². The van der Waals surface area contributed by atoms with Gasteiger partial charge < -0.3 is 5.11 Å². The Morgan fingerprint density at radius 1 is 1.45 bits per heavy atom. The van der Waals surface area contributed by atoms with Crippen molar-refractivity contribution in [3.8, 4) is 0 Å². The van der Waals surface area contributed by atoms with Crippen molar-refractivity contribution in [3.63, 3.8) is 0 Å². The van der Waals surface area contributed by atoms with E-state index in [2.05, 4.69) is 4.72 Å². The molecule has 0 spiro atoms. The number of carbonyl (C=O) groups is 1. The molecular formula is C12H17ClN2O4S. The van der Waals surface area contributed by atoms with E-state index in [0.717, 1.165) is 10.7 Å². The molecule has 0 heterocycles. The van der Waals surface area contributed by atoms with Gasteiger partial charge in [-0.2, -0.15) is 12.7 Å². The zero-order chi connectivity index (χ0) is 15.3. The standard InChI is InChI=1S/C12H17ClN2O4S/c1-3-4-8-15(2)20(18,19)14-11-9(12(16)17)6-5-7-10(11)13/h5-7,14H,3-4,8H2,1-2H3,(H,16,17). The molecule has 0 amide bonds. The van der Waals surface area contributed by atoms with E-state index >= 15 is 0 Å². The van der Waals surface area contributed by atoms with Crippen LogP contribution in [0.2, 0.25) is 5.02 Å². The van der Waals surface area contributed by atoms with Gasteiger partial charge in [0.25, 0.3) is 0 Å². The zero-order valence-corrected chi connectivity index (χ0v) is 12.8. The fourth-order valence-electron chi connectivity index (χ4n) is 1.51. The molecular weight excluding hydrogens is 304 g/mol. The highest BCUT2D eigenvalue weighted by atomic mass is 35.5. The highest BCUT2D eigenvalue weighted by molar-refractivity contribution is 7.90. The molecule has 8 heteroatoms. The van der Waals surface area contributed by atoms with Crippen LogP contribution in [-0.2, 0) is 10.2 Å². The number of benzene rings is 1. The lowest BCUT2D eigenvalue weighted by atomic mass is 10.2. The molecule has 0 atom stereocenters. The van der Waals surface area contributed by atoms with Crippen LogP contribution < -0.4 is 4.72 Å². The van der Waals surface area contributed by atoms with Crippen LogP contribution in [0.5, 0.6) is 0 Å².